The lowest BCUT2D eigenvalue weighted by atomic mass is 9.98. The molecule has 0 saturated heterocycles. The summed E-state index contributed by atoms with van der Waals surface area (Å²) in [6, 6.07) is 6.30. The van der Waals surface area contributed by atoms with Gasteiger partial charge in [-0.15, -0.1) is 6.58 Å². The Bertz CT molecular complexity index is 384. The molecule has 1 aliphatic heterocycles. The van der Waals surface area contributed by atoms with E-state index in [2.05, 4.69) is 18.7 Å². The SMILES string of the molecule is C=C(C)CC(N)c1ccc2c(c1)CCO2. The zero-order valence-corrected chi connectivity index (χ0v) is 9.12. The van der Waals surface area contributed by atoms with Gasteiger partial charge in [0, 0.05) is 12.5 Å². The second-order valence-electron chi connectivity index (χ2n) is 4.23. The van der Waals surface area contributed by atoms with Crippen molar-refractivity contribution in [1.29, 1.82) is 0 Å². The third-order valence-electron chi connectivity index (χ3n) is 2.71. The summed E-state index contributed by atoms with van der Waals surface area (Å²) in [5, 5.41) is 0. The zero-order valence-electron chi connectivity index (χ0n) is 9.12. The van der Waals surface area contributed by atoms with E-state index >= 15 is 0 Å². The van der Waals surface area contributed by atoms with Gasteiger partial charge in [0.2, 0.25) is 0 Å². The smallest absolute Gasteiger partial charge is 0.122 e. The van der Waals surface area contributed by atoms with E-state index in [1.54, 1.807) is 0 Å². The molecule has 80 valence electrons. The predicted molar refractivity (Wildman–Crippen MR) is 62.0 cm³/mol. The molecule has 1 atom stereocenters. The molecule has 0 aromatic heterocycles. The molecule has 0 saturated carbocycles. The van der Waals surface area contributed by atoms with Gasteiger partial charge in [0.1, 0.15) is 5.75 Å². The fraction of sp³-hybridized carbons (Fsp3) is 0.385. The van der Waals surface area contributed by atoms with Crippen molar-refractivity contribution < 1.29 is 4.74 Å². The van der Waals surface area contributed by atoms with Crippen molar-refractivity contribution in [1.82, 2.24) is 0 Å². The van der Waals surface area contributed by atoms with Crippen molar-refractivity contribution in [2.45, 2.75) is 25.8 Å². The van der Waals surface area contributed by atoms with Gasteiger partial charge < -0.3 is 10.5 Å². The maximum Gasteiger partial charge on any atom is 0.122 e. The Morgan fingerprint density at radius 3 is 3.13 bits per heavy atom. The van der Waals surface area contributed by atoms with Crippen molar-refractivity contribution in [2.75, 3.05) is 6.61 Å². The molecular weight excluding hydrogens is 186 g/mol. The Morgan fingerprint density at radius 1 is 1.60 bits per heavy atom. The first-order valence-electron chi connectivity index (χ1n) is 5.32. The van der Waals surface area contributed by atoms with Crippen LogP contribution in [-0.2, 0) is 6.42 Å². The number of hydrogen-bond donors (Lipinski definition) is 1. The number of ether oxygens (including phenoxy) is 1. The molecule has 2 nitrogen and oxygen atoms in total. The number of benzene rings is 1. The average Bonchev–Trinajstić information content (AvgIpc) is 2.62. The van der Waals surface area contributed by atoms with Gasteiger partial charge in [0.25, 0.3) is 0 Å². The van der Waals surface area contributed by atoms with Crippen LogP contribution in [0.3, 0.4) is 0 Å². The van der Waals surface area contributed by atoms with Crippen LogP contribution in [-0.4, -0.2) is 6.61 Å². The van der Waals surface area contributed by atoms with Gasteiger partial charge in [-0.05, 0) is 30.5 Å². The Kier molecular flexibility index (Phi) is 2.78. The van der Waals surface area contributed by atoms with E-state index in [1.165, 1.54) is 11.1 Å². The van der Waals surface area contributed by atoms with E-state index in [0.717, 1.165) is 30.8 Å². The Labute approximate surface area is 90.7 Å². The molecule has 2 N–H and O–H groups in total. The second-order valence-corrected chi connectivity index (χ2v) is 4.23. The Balaban J connectivity index is 2.19. The number of rotatable bonds is 3. The highest BCUT2D eigenvalue weighted by atomic mass is 16.5. The molecule has 0 fully saturated rings. The molecule has 1 heterocycles. The van der Waals surface area contributed by atoms with Crippen LogP contribution in [0.2, 0.25) is 0 Å². The molecule has 1 aromatic rings. The van der Waals surface area contributed by atoms with Gasteiger partial charge in [-0.3, -0.25) is 0 Å². The van der Waals surface area contributed by atoms with Crippen LogP contribution in [0.4, 0.5) is 0 Å². The minimum Gasteiger partial charge on any atom is -0.493 e. The van der Waals surface area contributed by atoms with Crippen LogP contribution < -0.4 is 10.5 Å². The van der Waals surface area contributed by atoms with Gasteiger partial charge in [0.05, 0.1) is 6.61 Å². The molecule has 0 spiro atoms. The standard InChI is InChI=1S/C13H17NO/c1-9(2)7-12(14)10-3-4-13-11(8-10)5-6-15-13/h3-4,8,12H,1,5-7,14H2,2H3. The van der Waals surface area contributed by atoms with Gasteiger partial charge in [-0.1, -0.05) is 17.7 Å². The highest BCUT2D eigenvalue weighted by Gasteiger charge is 2.14. The summed E-state index contributed by atoms with van der Waals surface area (Å²) in [4.78, 5) is 0. The molecule has 2 rings (SSSR count). The lowest BCUT2D eigenvalue weighted by Gasteiger charge is -2.12. The molecular formula is C13H17NO. The summed E-state index contributed by atoms with van der Waals surface area (Å²) in [7, 11) is 0. The third-order valence-corrected chi connectivity index (χ3v) is 2.71. The van der Waals surface area contributed by atoms with Crippen molar-refractivity contribution in [3.8, 4) is 5.75 Å². The molecule has 2 heteroatoms. The quantitative estimate of drug-likeness (QED) is 0.766. The lowest BCUT2D eigenvalue weighted by molar-refractivity contribution is 0.357. The summed E-state index contributed by atoms with van der Waals surface area (Å²) in [5.41, 5.74) is 9.68. The minimum atomic E-state index is 0.0633. The molecule has 0 radical (unpaired) electrons. The normalized spacial score (nSPS) is 15.6. The van der Waals surface area contributed by atoms with Gasteiger partial charge >= 0.3 is 0 Å². The molecule has 0 amide bonds. The number of hydrogen-bond acceptors (Lipinski definition) is 2. The predicted octanol–water partition coefficient (Wildman–Crippen LogP) is 2.59. The molecule has 1 unspecified atom stereocenters. The van der Waals surface area contributed by atoms with Crippen molar-refractivity contribution in [2.24, 2.45) is 5.73 Å². The van der Waals surface area contributed by atoms with E-state index in [1.807, 2.05) is 13.0 Å². The van der Waals surface area contributed by atoms with Crippen LogP contribution in [0.25, 0.3) is 0 Å². The van der Waals surface area contributed by atoms with Crippen LogP contribution in [0.1, 0.15) is 30.5 Å². The van der Waals surface area contributed by atoms with E-state index < -0.39 is 0 Å². The van der Waals surface area contributed by atoms with Gasteiger partial charge in [-0.25, -0.2) is 0 Å². The molecule has 15 heavy (non-hydrogen) atoms. The zero-order chi connectivity index (χ0) is 10.8. The number of nitrogens with two attached hydrogens (primary N) is 1. The van der Waals surface area contributed by atoms with Crippen molar-refractivity contribution in [3.63, 3.8) is 0 Å². The first kappa shape index (κ1) is 10.2. The fourth-order valence-electron chi connectivity index (χ4n) is 1.93. The third kappa shape index (κ3) is 2.21. The van der Waals surface area contributed by atoms with Crippen LogP contribution in [0, 0.1) is 0 Å². The number of fused-ring (bicyclic) bond motifs is 1. The molecule has 1 aliphatic rings. The van der Waals surface area contributed by atoms with E-state index in [0.29, 0.717) is 0 Å². The van der Waals surface area contributed by atoms with Crippen molar-refractivity contribution in [3.05, 3.63) is 41.5 Å². The Hall–Kier alpha value is -1.28. The molecule has 0 aliphatic carbocycles. The van der Waals surface area contributed by atoms with Crippen LogP contribution in [0.15, 0.2) is 30.4 Å². The van der Waals surface area contributed by atoms with Crippen LogP contribution in [0.5, 0.6) is 5.75 Å². The van der Waals surface area contributed by atoms with Gasteiger partial charge in [0.15, 0.2) is 0 Å². The summed E-state index contributed by atoms with van der Waals surface area (Å²) in [5.74, 6) is 1.02. The van der Waals surface area contributed by atoms with Crippen molar-refractivity contribution >= 4 is 0 Å². The van der Waals surface area contributed by atoms with E-state index in [4.69, 9.17) is 10.5 Å². The average molecular weight is 203 g/mol. The highest BCUT2D eigenvalue weighted by Crippen LogP contribution is 2.28. The lowest BCUT2D eigenvalue weighted by Crippen LogP contribution is -2.10. The molecule has 1 aromatic carbocycles. The maximum absolute atomic E-state index is 6.09. The maximum atomic E-state index is 6.09. The van der Waals surface area contributed by atoms with Gasteiger partial charge in [-0.2, -0.15) is 0 Å². The summed E-state index contributed by atoms with van der Waals surface area (Å²) < 4.78 is 5.46. The summed E-state index contributed by atoms with van der Waals surface area (Å²) in [6.07, 6.45) is 1.85. The second kappa shape index (κ2) is 4.07. The minimum absolute atomic E-state index is 0.0633. The summed E-state index contributed by atoms with van der Waals surface area (Å²) >= 11 is 0. The Morgan fingerprint density at radius 2 is 2.40 bits per heavy atom. The van der Waals surface area contributed by atoms with Crippen LogP contribution >= 0.6 is 0 Å². The first-order chi connectivity index (χ1) is 7.16. The largest absolute Gasteiger partial charge is 0.493 e. The topological polar surface area (TPSA) is 35.2 Å². The highest BCUT2D eigenvalue weighted by molar-refractivity contribution is 5.40. The summed E-state index contributed by atoms with van der Waals surface area (Å²) in [6.45, 7) is 6.70. The first-order valence-corrected chi connectivity index (χ1v) is 5.32. The molecule has 0 bridgehead atoms. The monoisotopic (exact) mass is 203 g/mol. The van der Waals surface area contributed by atoms with E-state index in [-0.39, 0.29) is 6.04 Å². The fourth-order valence-corrected chi connectivity index (χ4v) is 1.93. The van der Waals surface area contributed by atoms with E-state index in [9.17, 15) is 0 Å².